The highest BCUT2D eigenvalue weighted by Crippen LogP contribution is 2.36. The van der Waals surface area contributed by atoms with Crippen LogP contribution in [0.2, 0.25) is 5.02 Å². The first-order valence-electron chi connectivity index (χ1n) is 4.06. The van der Waals surface area contributed by atoms with Gasteiger partial charge in [0.15, 0.2) is 0 Å². The normalized spacial score (nSPS) is 11.1. The fourth-order valence-electron chi connectivity index (χ4n) is 1.41. The van der Waals surface area contributed by atoms with Gasteiger partial charge < -0.3 is 0 Å². The minimum absolute atomic E-state index is 0.519. The van der Waals surface area contributed by atoms with E-state index in [2.05, 4.69) is 11.6 Å². The van der Waals surface area contributed by atoms with Gasteiger partial charge in [0.2, 0.25) is 0 Å². The van der Waals surface area contributed by atoms with Crippen LogP contribution in [0.1, 0.15) is 5.56 Å². The summed E-state index contributed by atoms with van der Waals surface area (Å²) in [5.41, 5.74) is 1.12. The van der Waals surface area contributed by atoms with Crippen molar-refractivity contribution in [2.75, 3.05) is 6.26 Å². The molecule has 4 heteroatoms. The van der Waals surface area contributed by atoms with E-state index in [1.807, 2.05) is 12.1 Å². The lowest BCUT2D eigenvalue weighted by molar-refractivity contribution is 1.46. The molecule has 2 aromatic rings. The fourth-order valence-corrected chi connectivity index (χ4v) is 3.84. The summed E-state index contributed by atoms with van der Waals surface area (Å²) in [5.74, 6) is 0.519. The molecular weight excluding hydrogens is 255 g/mol. The van der Waals surface area contributed by atoms with E-state index in [0.29, 0.717) is 5.88 Å². The van der Waals surface area contributed by atoms with Crippen molar-refractivity contribution < 1.29 is 0 Å². The van der Waals surface area contributed by atoms with Gasteiger partial charge >= 0.3 is 0 Å². The van der Waals surface area contributed by atoms with E-state index in [4.69, 9.17) is 23.2 Å². The maximum Gasteiger partial charge on any atom is 0.0488 e. The first-order valence-corrected chi connectivity index (χ1v) is 7.07. The molecule has 0 fully saturated rings. The van der Waals surface area contributed by atoms with Crippen LogP contribution in [-0.2, 0) is 5.88 Å². The molecule has 0 unspecified atom stereocenters. The van der Waals surface area contributed by atoms with E-state index in [0.717, 1.165) is 10.6 Å². The summed E-state index contributed by atoms with van der Waals surface area (Å²) in [5, 5.41) is 4.15. The summed E-state index contributed by atoms with van der Waals surface area (Å²) < 4.78 is 1.26. The van der Waals surface area contributed by atoms with Gasteiger partial charge in [0.25, 0.3) is 0 Å². The van der Waals surface area contributed by atoms with Crippen LogP contribution in [0.25, 0.3) is 10.1 Å². The molecular formula is C10H8Cl2S2. The molecule has 0 bridgehead atoms. The van der Waals surface area contributed by atoms with Crippen LogP contribution in [0.15, 0.2) is 22.4 Å². The predicted molar refractivity (Wildman–Crippen MR) is 68.2 cm³/mol. The predicted octanol–water partition coefficient (Wildman–Crippen LogP) is 5.02. The van der Waals surface area contributed by atoms with Crippen molar-refractivity contribution in [1.82, 2.24) is 0 Å². The van der Waals surface area contributed by atoms with Crippen molar-refractivity contribution in [3.8, 4) is 0 Å². The van der Waals surface area contributed by atoms with Gasteiger partial charge in [0, 0.05) is 31.3 Å². The van der Waals surface area contributed by atoms with Crippen molar-refractivity contribution in [1.29, 1.82) is 0 Å². The molecule has 74 valence electrons. The minimum atomic E-state index is 0.519. The molecule has 2 rings (SSSR count). The Morgan fingerprint density at radius 3 is 2.86 bits per heavy atom. The molecule has 0 atom stereocenters. The van der Waals surface area contributed by atoms with Crippen LogP contribution in [-0.4, -0.2) is 6.26 Å². The second kappa shape index (κ2) is 4.31. The molecule has 0 aliphatic carbocycles. The number of alkyl halides is 1. The van der Waals surface area contributed by atoms with Gasteiger partial charge in [-0.1, -0.05) is 11.6 Å². The molecule has 0 amide bonds. The van der Waals surface area contributed by atoms with Crippen molar-refractivity contribution in [2.45, 2.75) is 10.8 Å². The number of hydrogen-bond donors (Lipinski definition) is 0. The first-order chi connectivity index (χ1) is 6.76. The van der Waals surface area contributed by atoms with Crippen LogP contribution in [0.4, 0.5) is 0 Å². The average Bonchev–Trinajstić information content (AvgIpc) is 2.59. The number of thiophene rings is 1. The van der Waals surface area contributed by atoms with E-state index in [-0.39, 0.29) is 0 Å². The van der Waals surface area contributed by atoms with E-state index in [1.165, 1.54) is 15.0 Å². The molecule has 0 nitrogen and oxygen atoms in total. The third kappa shape index (κ3) is 1.76. The number of thioether (sulfide) groups is 1. The van der Waals surface area contributed by atoms with Gasteiger partial charge in [-0.3, -0.25) is 0 Å². The Morgan fingerprint density at radius 2 is 2.21 bits per heavy atom. The molecule has 1 aromatic heterocycles. The second-order valence-electron chi connectivity index (χ2n) is 2.88. The molecule has 0 N–H and O–H groups in total. The van der Waals surface area contributed by atoms with Crippen molar-refractivity contribution in [2.24, 2.45) is 0 Å². The number of hydrogen-bond acceptors (Lipinski definition) is 2. The number of benzene rings is 1. The Morgan fingerprint density at radius 1 is 1.43 bits per heavy atom. The van der Waals surface area contributed by atoms with Gasteiger partial charge in [0.05, 0.1) is 0 Å². The SMILES string of the molecule is CSc1csc2c(CCl)cc(Cl)cc12. The maximum absolute atomic E-state index is 6.03. The summed E-state index contributed by atoms with van der Waals surface area (Å²) >= 11 is 15.4. The summed E-state index contributed by atoms with van der Waals surface area (Å²) in [4.78, 5) is 1.28. The summed E-state index contributed by atoms with van der Waals surface area (Å²) in [6.45, 7) is 0. The van der Waals surface area contributed by atoms with Gasteiger partial charge in [-0.25, -0.2) is 0 Å². The quantitative estimate of drug-likeness (QED) is 0.541. The fraction of sp³-hybridized carbons (Fsp3) is 0.200. The standard InChI is InChI=1S/C10H8Cl2S2/c1-13-9-5-14-10-6(4-11)2-7(12)3-8(9)10/h2-3,5H,4H2,1H3. The lowest BCUT2D eigenvalue weighted by atomic mass is 10.2. The molecule has 0 aliphatic heterocycles. The van der Waals surface area contributed by atoms with Crippen molar-refractivity contribution in [3.63, 3.8) is 0 Å². The van der Waals surface area contributed by atoms with Crippen LogP contribution < -0.4 is 0 Å². The molecule has 0 spiro atoms. The second-order valence-corrected chi connectivity index (χ2v) is 5.31. The van der Waals surface area contributed by atoms with Crippen molar-refractivity contribution >= 4 is 56.4 Å². The van der Waals surface area contributed by atoms with E-state index >= 15 is 0 Å². The topological polar surface area (TPSA) is 0 Å². The Balaban J connectivity index is 2.76. The third-order valence-corrected chi connectivity index (χ3v) is 4.55. The molecule has 0 aliphatic rings. The molecule has 14 heavy (non-hydrogen) atoms. The zero-order chi connectivity index (χ0) is 10.1. The molecule has 0 radical (unpaired) electrons. The third-order valence-electron chi connectivity index (χ3n) is 2.04. The van der Waals surface area contributed by atoms with Gasteiger partial charge in [-0.15, -0.1) is 34.7 Å². The lowest BCUT2D eigenvalue weighted by Gasteiger charge is -2.00. The smallest absolute Gasteiger partial charge is 0.0488 e. The Kier molecular flexibility index (Phi) is 3.27. The van der Waals surface area contributed by atoms with E-state index in [1.54, 1.807) is 23.1 Å². The average molecular weight is 263 g/mol. The molecule has 0 saturated carbocycles. The molecule has 1 aromatic carbocycles. The zero-order valence-corrected chi connectivity index (χ0v) is 10.7. The summed E-state index contributed by atoms with van der Waals surface area (Å²) in [7, 11) is 0. The zero-order valence-electron chi connectivity index (χ0n) is 7.51. The highest BCUT2D eigenvalue weighted by atomic mass is 35.5. The number of fused-ring (bicyclic) bond motifs is 1. The van der Waals surface area contributed by atoms with Crippen LogP contribution >= 0.6 is 46.3 Å². The minimum Gasteiger partial charge on any atom is -0.142 e. The van der Waals surface area contributed by atoms with Gasteiger partial charge in [-0.2, -0.15) is 0 Å². The first kappa shape index (κ1) is 10.6. The molecule has 1 heterocycles. The van der Waals surface area contributed by atoms with Crippen LogP contribution in [0, 0.1) is 0 Å². The number of halogens is 2. The van der Waals surface area contributed by atoms with E-state index in [9.17, 15) is 0 Å². The van der Waals surface area contributed by atoms with Gasteiger partial charge in [-0.05, 0) is 24.0 Å². The van der Waals surface area contributed by atoms with Crippen LogP contribution in [0.3, 0.4) is 0 Å². The number of rotatable bonds is 2. The highest BCUT2D eigenvalue weighted by Gasteiger charge is 2.08. The van der Waals surface area contributed by atoms with Gasteiger partial charge in [0.1, 0.15) is 0 Å². The highest BCUT2D eigenvalue weighted by molar-refractivity contribution is 7.99. The Hall–Kier alpha value is 0.110. The summed E-state index contributed by atoms with van der Waals surface area (Å²) in [6.07, 6.45) is 2.07. The monoisotopic (exact) mass is 262 g/mol. The van der Waals surface area contributed by atoms with Crippen molar-refractivity contribution in [3.05, 3.63) is 28.1 Å². The molecule has 0 saturated heterocycles. The summed E-state index contributed by atoms with van der Waals surface area (Å²) in [6, 6.07) is 3.95. The Bertz CT molecular complexity index is 462. The lowest BCUT2D eigenvalue weighted by Crippen LogP contribution is -1.78. The van der Waals surface area contributed by atoms with E-state index < -0.39 is 0 Å². The Labute approximate surface area is 101 Å². The van der Waals surface area contributed by atoms with Crippen LogP contribution in [0.5, 0.6) is 0 Å². The maximum atomic E-state index is 6.03. The largest absolute Gasteiger partial charge is 0.142 e.